The average molecular weight is 254 g/mol. The molecular weight excluding hydrogens is 232 g/mol. The van der Waals surface area contributed by atoms with E-state index in [4.69, 9.17) is 4.52 Å². The van der Waals surface area contributed by atoms with Gasteiger partial charge in [0.1, 0.15) is 0 Å². The molecule has 0 saturated carbocycles. The van der Waals surface area contributed by atoms with Crippen LogP contribution in [-0.4, -0.2) is 63.4 Å². The zero-order valence-electron chi connectivity index (χ0n) is 11.4. The minimum Gasteiger partial charge on any atom is -0.389 e. The first kappa shape index (κ1) is 13.5. The van der Waals surface area contributed by atoms with Gasteiger partial charge in [0.05, 0.1) is 12.1 Å². The second kappa shape index (κ2) is 5.34. The fourth-order valence-corrected chi connectivity index (χ4v) is 2.26. The van der Waals surface area contributed by atoms with Gasteiger partial charge in [-0.25, -0.2) is 0 Å². The second-order valence-electron chi connectivity index (χ2n) is 5.59. The molecular formula is C12H22N4O2. The summed E-state index contributed by atoms with van der Waals surface area (Å²) >= 11 is 0. The van der Waals surface area contributed by atoms with Crippen molar-refractivity contribution in [2.75, 3.05) is 32.7 Å². The summed E-state index contributed by atoms with van der Waals surface area (Å²) < 4.78 is 4.96. The van der Waals surface area contributed by atoms with E-state index < -0.39 is 5.60 Å². The maximum absolute atomic E-state index is 9.79. The van der Waals surface area contributed by atoms with Crippen LogP contribution in [0.4, 0.5) is 0 Å². The Morgan fingerprint density at radius 3 is 2.33 bits per heavy atom. The fraction of sp³-hybridized carbons (Fsp3) is 0.833. The number of hydrogen-bond donors (Lipinski definition) is 1. The smallest absolute Gasteiger partial charge is 0.223 e. The lowest BCUT2D eigenvalue weighted by Gasteiger charge is -2.36. The van der Waals surface area contributed by atoms with E-state index in [1.54, 1.807) is 6.92 Å². The Balaban J connectivity index is 1.77. The standard InChI is InChI=1S/C12H22N4O2/c1-10-13-11(14-18-10)8-15-4-6-16(7-5-15)9-12(2,3)17/h17H,4-9H2,1-3H3. The number of piperazine rings is 1. The van der Waals surface area contributed by atoms with Crippen LogP contribution in [0.15, 0.2) is 4.52 Å². The third-order valence-corrected chi connectivity index (χ3v) is 3.01. The Hall–Kier alpha value is -0.980. The highest BCUT2D eigenvalue weighted by Gasteiger charge is 2.23. The van der Waals surface area contributed by atoms with Crippen LogP contribution in [0.3, 0.4) is 0 Å². The van der Waals surface area contributed by atoms with Crippen LogP contribution in [0.2, 0.25) is 0 Å². The molecule has 102 valence electrons. The van der Waals surface area contributed by atoms with Crippen molar-refractivity contribution in [2.45, 2.75) is 32.9 Å². The van der Waals surface area contributed by atoms with Gasteiger partial charge in [-0.3, -0.25) is 9.80 Å². The Morgan fingerprint density at radius 2 is 1.83 bits per heavy atom. The molecule has 1 aromatic heterocycles. The summed E-state index contributed by atoms with van der Waals surface area (Å²) in [7, 11) is 0. The number of β-amino-alcohol motifs (C(OH)–C–C–N with tert-alkyl or cyclic N) is 1. The Kier molecular flexibility index (Phi) is 3.99. The summed E-state index contributed by atoms with van der Waals surface area (Å²) in [5.41, 5.74) is -0.618. The van der Waals surface area contributed by atoms with Gasteiger partial charge in [-0.1, -0.05) is 5.16 Å². The summed E-state index contributed by atoms with van der Waals surface area (Å²) in [5.74, 6) is 1.37. The lowest BCUT2D eigenvalue weighted by Crippen LogP contribution is -2.50. The van der Waals surface area contributed by atoms with Crippen LogP contribution < -0.4 is 0 Å². The van der Waals surface area contributed by atoms with Gasteiger partial charge < -0.3 is 9.63 Å². The Bertz CT molecular complexity index is 378. The molecule has 0 aliphatic carbocycles. The van der Waals surface area contributed by atoms with Crippen molar-refractivity contribution in [3.05, 3.63) is 11.7 Å². The van der Waals surface area contributed by atoms with Crippen molar-refractivity contribution in [1.29, 1.82) is 0 Å². The molecule has 1 fully saturated rings. The highest BCUT2D eigenvalue weighted by molar-refractivity contribution is 4.86. The normalized spacial score (nSPS) is 19.3. The highest BCUT2D eigenvalue weighted by Crippen LogP contribution is 2.10. The largest absolute Gasteiger partial charge is 0.389 e. The molecule has 0 spiro atoms. The second-order valence-corrected chi connectivity index (χ2v) is 5.59. The number of hydrogen-bond acceptors (Lipinski definition) is 6. The van der Waals surface area contributed by atoms with Crippen molar-refractivity contribution < 1.29 is 9.63 Å². The first-order chi connectivity index (χ1) is 8.42. The lowest BCUT2D eigenvalue weighted by molar-refractivity contribution is 0.0162. The number of aliphatic hydroxyl groups is 1. The average Bonchev–Trinajstić information content (AvgIpc) is 2.65. The van der Waals surface area contributed by atoms with Crippen LogP contribution in [0.25, 0.3) is 0 Å². The van der Waals surface area contributed by atoms with Gasteiger partial charge >= 0.3 is 0 Å². The molecule has 0 amide bonds. The fourth-order valence-electron chi connectivity index (χ4n) is 2.26. The number of rotatable bonds is 4. The van der Waals surface area contributed by atoms with E-state index in [1.807, 2.05) is 13.8 Å². The molecule has 2 heterocycles. The summed E-state index contributed by atoms with van der Waals surface area (Å²) in [6.45, 7) is 10.9. The first-order valence-corrected chi connectivity index (χ1v) is 6.39. The number of nitrogens with zero attached hydrogens (tertiary/aromatic N) is 4. The van der Waals surface area contributed by atoms with Gasteiger partial charge in [0.25, 0.3) is 0 Å². The SMILES string of the molecule is Cc1nc(CN2CCN(CC(C)(C)O)CC2)no1. The van der Waals surface area contributed by atoms with E-state index in [2.05, 4.69) is 19.9 Å². The van der Waals surface area contributed by atoms with Crippen molar-refractivity contribution >= 4 is 0 Å². The summed E-state index contributed by atoms with van der Waals surface area (Å²) in [5, 5.41) is 13.7. The van der Waals surface area contributed by atoms with E-state index in [0.717, 1.165) is 45.1 Å². The molecule has 2 rings (SSSR count). The Morgan fingerprint density at radius 1 is 1.22 bits per heavy atom. The van der Waals surface area contributed by atoms with Gasteiger partial charge in [0.2, 0.25) is 5.89 Å². The van der Waals surface area contributed by atoms with E-state index >= 15 is 0 Å². The van der Waals surface area contributed by atoms with Crippen LogP contribution in [0, 0.1) is 6.92 Å². The maximum atomic E-state index is 9.79. The molecule has 1 aromatic rings. The summed E-state index contributed by atoms with van der Waals surface area (Å²) in [6.07, 6.45) is 0. The van der Waals surface area contributed by atoms with E-state index in [1.165, 1.54) is 0 Å². The van der Waals surface area contributed by atoms with Gasteiger partial charge in [-0.05, 0) is 13.8 Å². The third-order valence-electron chi connectivity index (χ3n) is 3.01. The predicted molar refractivity (Wildman–Crippen MR) is 67.0 cm³/mol. The molecule has 6 nitrogen and oxygen atoms in total. The number of aryl methyl sites for hydroxylation is 1. The molecule has 0 unspecified atom stereocenters. The van der Waals surface area contributed by atoms with Crippen molar-refractivity contribution in [3.8, 4) is 0 Å². The monoisotopic (exact) mass is 254 g/mol. The van der Waals surface area contributed by atoms with Gasteiger partial charge in [-0.15, -0.1) is 0 Å². The molecule has 1 aliphatic rings. The van der Waals surface area contributed by atoms with E-state index in [9.17, 15) is 5.11 Å². The molecule has 0 radical (unpaired) electrons. The third kappa shape index (κ3) is 4.04. The van der Waals surface area contributed by atoms with Gasteiger partial charge in [-0.2, -0.15) is 4.98 Å². The van der Waals surface area contributed by atoms with E-state index in [-0.39, 0.29) is 0 Å². The Labute approximate surface area is 108 Å². The molecule has 1 N–H and O–H groups in total. The van der Waals surface area contributed by atoms with E-state index in [0.29, 0.717) is 5.89 Å². The summed E-state index contributed by atoms with van der Waals surface area (Å²) in [6, 6.07) is 0. The molecule has 0 atom stereocenters. The first-order valence-electron chi connectivity index (χ1n) is 6.39. The van der Waals surface area contributed by atoms with Crippen LogP contribution >= 0.6 is 0 Å². The van der Waals surface area contributed by atoms with Crippen molar-refractivity contribution in [3.63, 3.8) is 0 Å². The highest BCUT2D eigenvalue weighted by atomic mass is 16.5. The lowest BCUT2D eigenvalue weighted by atomic mass is 10.1. The van der Waals surface area contributed by atoms with Crippen LogP contribution in [0.1, 0.15) is 25.6 Å². The summed E-state index contributed by atoms with van der Waals surface area (Å²) in [4.78, 5) is 8.81. The van der Waals surface area contributed by atoms with Crippen molar-refractivity contribution in [2.24, 2.45) is 0 Å². The zero-order chi connectivity index (χ0) is 13.2. The molecule has 1 aliphatic heterocycles. The minimum atomic E-state index is -0.618. The van der Waals surface area contributed by atoms with Crippen LogP contribution in [0.5, 0.6) is 0 Å². The molecule has 18 heavy (non-hydrogen) atoms. The predicted octanol–water partition coefficient (Wildman–Crippen LogP) is 0.267. The maximum Gasteiger partial charge on any atom is 0.223 e. The van der Waals surface area contributed by atoms with Crippen LogP contribution in [-0.2, 0) is 6.54 Å². The minimum absolute atomic E-state index is 0.616. The quantitative estimate of drug-likeness (QED) is 0.832. The zero-order valence-corrected chi connectivity index (χ0v) is 11.4. The van der Waals surface area contributed by atoms with Crippen molar-refractivity contribution in [1.82, 2.24) is 19.9 Å². The topological polar surface area (TPSA) is 65.6 Å². The van der Waals surface area contributed by atoms with Gasteiger partial charge in [0, 0.05) is 39.6 Å². The molecule has 1 saturated heterocycles. The number of aromatic nitrogens is 2. The molecule has 6 heteroatoms. The van der Waals surface area contributed by atoms with Gasteiger partial charge in [0.15, 0.2) is 5.82 Å². The molecule has 0 aromatic carbocycles. The molecule has 0 bridgehead atoms.